The van der Waals surface area contributed by atoms with E-state index in [-0.39, 0.29) is 5.97 Å². The number of aryl methyl sites for hydroxylation is 1. The molecule has 1 aromatic carbocycles. The van der Waals surface area contributed by atoms with Crippen molar-refractivity contribution in [2.24, 2.45) is 0 Å². The van der Waals surface area contributed by atoms with Crippen molar-refractivity contribution in [3.8, 4) is 0 Å². The molecule has 1 N–H and O–H groups in total. The van der Waals surface area contributed by atoms with Crippen LogP contribution in [0.25, 0.3) is 10.9 Å². The molecule has 1 unspecified atom stereocenters. The van der Waals surface area contributed by atoms with Crippen molar-refractivity contribution < 1.29 is 14.3 Å². The number of esters is 1. The Kier molecular flexibility index (Phi) is 4.47. The van der Waals surface area contributed by atoms with E-state index in [1.807, 2.05) is 19.9 Å². The van der Waals surface area contributed by atoms with Gasteiger partial charge in [0.05, 0.1) is 22.8 Å². The van der Waals surface area contributed by atoms with Crippen LogP contribution in [0.2, 0.25) is 5.02 Å². The Labute approximate surface area is 148 Å². The van der Waals surface area contributed by atoms with E-state index in [1.165, 1.54) is 6.92 Å². The average Bonchev–Trinajstić information content (AvgIpc) is 2.86. The van der Waals surface area contributed by atoms with Gasteiger partial charge in [0.25, 0.3) is 5.79 Å². The second kappa shape index (κ2) is 6.11. The van der Waals surface area contributed by atoms with Gasteiger partial charge < -0.3 is 14.5 Å². The summed E-state index contributed by atoms with van der Waals surface area (Å²) in [7, 11) is 0. The molecule has 0 saturated heterocycles. The Morgan fingerprint density at radius 3 is 2.96 bits per heavy atom. The Morgan fingerprint density at radius 1 is 1.57 bits per heavy atom. The number of hydrogen-bond acceptors (Lipinski definition) is 3. The lowest BCUT2D eigenvalue weighted by Gasteiger charge is -2.36. The van der Waals surface area contributed by atoms with Gasteiger partial charge in [-0.15, -0.1) is 0 Å². The van der Waals surface area contributed by atoms with Gasteiger partial charge in [-0.3, -0.25) is 4.79 Å². The first-order valence-corrected chi connectivity index (χ1v) is 8.90. The lowest BCUT2D eigenvalue weighted by atomic mass is 9.96. The van der Waals surface area contributed by atoms with Crippen molar-refractivity contribution in [3.63, 3.8) is 0 Å². The molecule has 0 amide bonds. The molecule has 1 atom stereocenters. The SMILES string of the molecule is CCCC1(OC(C)=O)OCCc2c1[nH]c1c(Cl)cc(C)c(Br)c21. The lowest BCUT2D eigenvalue weighted by molar-refractivity contribution is -0.247. The number of aromatic nitrogens is 1. The number of rotatable bonds is 3. The normalized spacial score (nSPS) is 20.6. The minimum absolute atomic E-state index is 0.355. The molecule has 0 saturated carbocycles. The van der Waals surface area contributed by atoms with Gasteiger partial charge in [0, 0.05) is 23.2 Å². The number of H-pyrrole nitrogens is 1. The minimum atomic E-state index is -1.05. The molecule has 0 radical (unpaired) electrons. The molecule has 2 aromatic rings. The van der Waals surface area contributed by atoms with E-state index in [1.54, 1.807) is 0 Å². The fourth-order valence-corrected chi connectivity index (χ4v) is 4.20. The number of carbonyl (C=O) groups is 1. The van der Waals surface area contributed by atoms with Crippen LogP contribution in [-0.4, -0.2) is 17.6 Å². The summed E-state index contributed by atoms with van der Waals surface area (Å²) in [4.78, 5) is 15.0. The first-order chi connectivity index (χ1) is 10.9. The van der Waals surface area contributed by atoms with Crippen LogP contribution in [0, 0.1) is 6.92 Å². The number of ether oxygens (including phenoxy) is 2. The maximum atomic E-state index is 11.7. The van der Waals surface area contributed by atoms with Gasteiger partial charge >= 0.3 is 5.97 Å². The van der Waals surface area contributed by atoms with E-state index in [2.05, 4.69) is 20.9 Å². The van der Waals surface area contributed by atoms with Crippen molar-refractivity contribution in [3.05, 3.63) is 32.4 Å². The topological polar surface area (TPSA) is 51.3 Å². The number of benzene rings is 1. The van der Waals surface area contributed by atoms with Gasteiger partial charge in [-0.2, -0.15) is 0 Å². The van der Waals surface area contributed by atoms with Crippen molar-refractivity contribution >= 4 is 44.4 Å². The quantitative estimate of drug-likeness (QED) is 0.739. The third-order valence-electron chi connectivity index (χ3n) is 4.21. The van der Waals surface area contributed by atoms with Crippen LogP contribution in [0.4, 0.5) is 0 Å². The van der Waals surface area contributed by atoms with Gasteiger partial charge in [-0.1, -0.05) is 18.5 Å². The summed E-state index contributed by atoms with van der Waals surface area (Å²) in [6.45, 7) is 5.97. The molecule has 2 heterocycles. The Balaban J connectivity index is 2.30. The van der Waals surface area contributed by atoms with Gasteiger partial charge in [0.2, 0.25) is 0 Å². The van der Waals surface area contributed by atoms with Crippen molar-refractivity contribution in [2.45, 2.75) is 45.8 Å². The Morgan fingerprint density at radius 2 is 2.30 bits per heavy atom. The monoisotopic (exact) mass is 399 g/mol. The molecule has 23 heavy (non-hydrogen) atoms. The van der Waals surface area contributed by atoms with E-state index >= 15 is 0 Å². The van der Waals surface area contributed by atoms with Gasteiger partial charge in [0.1, 0.15) is 0 Å². The summed E-state index contributed by atoms with van der Waals surface area (Å²) in [6, 6.07) is 1.92. The van der Waals surface area contributed by atoms with E-state index in [0.717, 1.165) is 45.0 Å². The summed E-state index contributed by atoms with van der Waals surface area (Å²) in [5.74, 6) is -1.41. The molecule has 6 heteroatoms. The highest BCUT2D eigenvalue weighted by Crippen LogP contribution is 2.45. The number of fused-ring (bicyclic) bond motifs is 3. The zero-order chi connectivity index (χ0) is 16.8. The highest BCUT2D eigenvalue weighted by atomic mass is 79.9. The second-order valence-corrected chi connectivity index (χ2v) is 7.11. The van der Waals surface area contributed by atoms with Crippen LogP contribution >= 0.6 is 27.5 Å². The molecule has 3 rings (SSSR count). The maximum absolute atomic E-state index is 11.7. The predicted molar refractivity (Wildman–Crippen MR) is 93.8 cm³/mol. The van der Waals surface area contributed by atoms with E-state index in [0.29, 0.717) is 18.1 Å². The van der Waals surface area contributed by atoms with Gasteiger partial charge in [-0.25, -0.2) is 0 Å². The first kappa shape index (κ1) is 16.8. The molecule has 1 aromatic heterocycles. The minimum Gasteiger partial charge on any atom is -0.427 e. The van der Waals surface area contributed by atoms with Crippen LogP contribution in [0.3, 0.4) is 0 Å². The van der Waals surface area contributed by atoms with E-state index < -0.39 is 5.79 Å². The van der Waals surface area contributed by atoms with Crippen LogP contribution in [0.5, 0.6) is 0 Å². The second-order valence-electron chi connectivity index (χ2n) is 5.91. The Bertz CT molecular complexity index is 786. The highest BCUT2D eigenvalue weighted by Gasteiger charge is 2.43. The number of carbonyl (C=O) groups excluding carboxylic acids is 1. The smallest absolute Gasteiger partial charge is 0.305 e. The number of nitrogens with one attached hydrogen (secondary N) is 1. The molecular weight excluding hydrogens is 382 g/mol. The average molecular weight is 401 g/mol. The number of halogens is 2. The largest absolute Gasteiger partial charge is 0.427 e. The van der Waals surface area contributed by atoms with E-state index in [9.17, 15) is 4.79 Å². The molecule has 124 valence electrons. The third-order valence-corrected chi connectivity index (χ3v) is 5.53. The fraction of sp³-hybridized carbons (Fsp3) is 0.471. The van der Waals surface area contributed by atoms with Crippen LogP contribution in [0.15, 0.2) is 10.5 Å². The summed E-state index contributed by atoms with van der Waals surface area (Å²) in [5.41, 5.74) is 3.85. The molecule has 1 aliphatic rings. The zero-order valence-corrected chi connectivity index (χ0v) is 15.7. The van der Waals surface area contributed by atoms with Crippen molar-refractivity contribution in [1.82, 2.24) is 4.98 Å². The third kappa shape index (κ3) is 2.69. The van der Waals surface area contributed by atoms with Gasteiger partial charge in [0.15, 0.2) is 0 Å². The summed E-state index contributed by atoms with van der Waals surface area (Å²) >= 11 is 10.1. The predicted octanol–water partition coefficient (Wildman–Crippen LogP) is 4.98. The zero-order valence-electron chi connectivity index (χ0n) is 13.4. The Hall–Kier alpha value is -1.04. The van der Waals surface area contributed by atoms with Crippen LogP contribution < -0.4 is 0 Å². The molecule has 1 aliphatic heterocycles. The molecule has 0 bridgehead atoms. The molecule has 4 nitrogen and oxygen atoms in total. The van der Waals surface area contributed by atoms with Crippen molar-refractivity contribution in [2.75, 3.05) is 6.61 Å². The van der Waals surface area contributed by atoms with Crippen LogP contribution in [-0.2, 0) is 26.5 Å². The van der Waals surface area contributed by atoms with Crippen molar-refractivity contribution in [1.29, 1.82) is 0 Å². The number of aromatic amines is 1. The highest BCUT2D eigenvalue weighted by molar-refractivity contribution is 9.10. The summed E-state index contributed by atoms with van der Waals surface area (Å²) in [5, 5.41) is 1.71. The first-order valence-electron chi connectivity index (χ1n) is 7.72. The lowest BCUT2D eigenvalue weighted by Crippen LogP contribution is -2.39. The fourth-order valence-electron chi connectivity index (χ4n) is 3.34. The molecular formula is C17H19BrClNO3. The standard InChI is InChI=1S/C17H19BrClNO3/c1-4-6-17(23-10(3)21)16-11(5-7-22-17)13-14(18)9(2)8-12(19)15(13)20-16/h8,20H,4-7H2,1-3H3. The molecule has 0 aliphatic carbocycles. The number of hydrogen-bond donors (Lipinski definition) is 1. The molecule has 0 spiro atoms. The van der Waals surface area contributed by atoms with Gasteiger partial charge in [-0.05, 0) is 52.9 Å². The maximum Gasteiger partial charge on any atom is 0.305 e. The van der Waals surface area contributed by atoms with Crippen LogP contribution in [0.1, 0.15) is 43.5 Å². The summed E-state index contributed by atoms with van der Waals surface area (Å²) < 4.78 is 12.6. The summed E-state index contributed by atoms with van der Waals surface area (Å²) in [6.07, 6.45) is 2.18. The van der Waals surface area contributed by atoms with E-state index in [4.69, 9.17) is 21.1 Å². The molecule has 0 fully saturated rings.